The van der Waals surface area contributed by atoms with Crippen molar-refractivity contribution in [2.45, 2.75) is 188 Å². The van der Waals surface area contributed by atoms with Crippen molar-refractivity contribution in [2.75, 3.05) is 45.3 Å². The van der Waals surface area contributed by atoms with Crippen molar-refractivity contribution in [2.24, 2.45) is 11.8 Å². The first-order valence-electron chi connectivity index (χ1n) is 26.7. The lowest BCUT2D eigenvalue weighted by Gasteiger charge is -2.47. The average Bonchev–Trinajstić information content (AvgIpc) is 3.40. The van der Waals surface area contributed by atoms with Gasteiger partial charge < -0.3 is 79.9 Å². The molecule has 0 radical (unpaired) electrons. The Balaban J connectivity index is 1.17. The van der Waals surface area contributed by atoms with Crippen LogP contribution in [-0.2, 0) is 38.1 Å². The highest BCUT2D eigenvalue weighted by Gasteiger charge is 2.46. The Morgan fingerprint density at radius 1 is 0.737 bits per heavy atom. The van der Waals surface area contributed by atoms with E-state index in [1.807, 2.05) is 51.1 Å². The van der Waals surface area contributed by atoms with Gasteiger partial charge in [-0.3, -0.25) is 24.1 Å². The fourth-order valence-corrected chi connectivity index (χ4v) is 11.2. The number of piperidine rings is 1. The smallest absolute Gasteiger partial charge is 0.311 e. The van der Waals surface area contributed by atoms with E-state index in [2.05, 4.69) is 15.5 Å². The minimum Gasteiger partial charge on any atom is -0.459 e. The Labute approximate surface area is 448 Å². The summed E-state index contributed by atoms with van der Waals surface area (Å²) in [6.07, 6.45) is -9.18. The molecule has 1 saturated carbocycles. The molecule has 76 heavy (non-hydrogen) atoms. The van der Waals surface area contributed by atoms with Crippen LogP contribution in [0.4, 0.5) is 0 Å². The number of nitrogens with zero attached hydrogens (tertiary/aromatic N) is 1. The highest BCUT2D eigenvalue weighted by Crippen LogP contribution is 2.39. The molecule has 21 nitrogen and oxygen atoms in total. The molecule has 2 amide bonds. The summed E-state index contributed by atoms with van der Waals surface area (Å²) in [4.78, 5) is 59.0. The number of hydrogen-bond acceptors (Lipinski definition) is 20. The summed E-state index contributed by atoms with van der Waals surface area (Å²) in [5, 5.41) is 86.5. The predicted molar refractivity (Wildman–Crippen MR) is 276 cm³/mol. The molecular weight excluding hydrogens is 1010 g/mol. The maximum Gasteiger partial charge on any atom is 0.311 e. The maximum absolute atomic E-state index is 14.6. The summed E-state index contributed by atoms with van der Waals surface area (Å²) < 4.78 is 34.2. The number of ether oxygens (including phenoxy) is 6. The van der Waals surface area contributed by atoms with Crippen LogP contribution in [0.2, 0.25) is 0 Å². The van der Waals surface area contributed by atoms with Crippen LogP contribution >= 0.6 is 11.8 Å². The van der Waals surface area contributed by atoms with Crippen molar-refractivity contribution in [1.82, 2.24) is 15.5 Å². The molecule has 2 aromatic rings. The molecule has 0 bridgehead atoms. The molecule has 0 aromatic heterocycles. The fourth-order valence-electron chi connectivity index (χ4n) is 10.2. The van der Waals surface area contributed by atoms with Crippen molar-refractivity contribution in [3.05, 3.63) is 59.7 Å². The molecule has 0 spiro atoms. The van der Waals surface area contributed by atoms with Gasteiger partial charge in [-0.2, -0.15) is 0 Å². The fraction of sp³-hybridized carbons (Fsp3) is 0.704. The van der Waals surface area contributed by atoms with Gasteiger partial charge in [-0.1, -0.05) is 43.5 Å². The largest absolute Gasteiger partial charge is 0.459 e. The van der Waals surface area contributed by atoms with E-state index >= 15 is 0 Å². The summed E-state index contributed by atoms with van der Waals surface area (Å²) in [6.45, 7) is 7.01. The number of benzene rings is 2. The van der Waals surface area contributed by atoms with Crippen LogP contribution in [0.1, 0.15) is 107 Å². The molecule has 1 aliphatic carbocycles. The number of amides is 2. The van der Waals surface area contributed by atoms with Crippen molar-refractivity contribution in [3.63, 3.8) is 0 Å². The highest BCUT2D eigenvalue weighted by molar-refractivity contribution is 7.99. The molecule has 10 N–H and O–H groups in total. The van der Waals surface area contributed by atoms with E-state index in [0.717, 1.165) is 30.6 Å². The molecule has 426 valence electrons. The number of likely N-dealkylation sites (tertiary alicyclic amines) is 1. The van der Waals surface area contributed by atoms with E-state index in [0.29, 0.717) is 49.6 Å². The van der Waals surface area contributed by atoms with Crippen molar-refractivity contribution in [1.29, 1.82) is 0 Å². The van der Waals surface area contributed by atoms with Gasteiger partial charge >= 0.3 is 11.9 Å². The van der Waals surface area contributed by atoms with Gasteiger partial charge in [-0.05, 0) is 102 Å². The summed E-state index contributed by atoms with van der Waals surface area (Å²) in [6, 6.07) is 13.0. The van der Waals surface area contributed by atoms with Gasteiger partial charge in [0.2, 0.25) is 5.91 Å². The van der Waals surface area contributed by atoms with Crippen LogP contribution in [0.5, 0.6) is 5.75 Å². The SMILES string of the molecule is Cc1c(OC(=O)CCCCO[C@H]2O[C@H](CO)[C@@H](O)[C@H](O)[C@@H]2O)cccc1C(=O)N[C@@H](CSc1ccccc1)[C@@H](CN1C[C@H]2CCCC[C@H]2C[C@H]1C(=O)NC(C)(C)C)OC(=O)CCCCO[C@H]1O[C@H](CO)[C@@H](O)[C@H](O)[C@@H]1O. The van der Waals surface area contributed by atoms with Gasteiger partial charge in [0.05, 0.1) is 25.3 Å². The molecule has 6 rings (SSSR count). The van der Waals surface area contributed by atoms with Crippen LogP contribution in [0, 0.1) is 18.8 Å². The molecule has 2 aromatic carbocycles. The molecule has 3 heterocycles. The molecule has 3 saturated heterocycles. The van der Waals surface area contributed by atoms with Crippen molar-refractivity contribution < 1.29 is 88.5 Å². The first-order chi connectivity index (χ1) is 36.3. The normalized spacial score (nSPS) is 29.9. The van der Waals surface area contributed by atoms with Gasteiger partial charge in [0.1, 0.15) is 60.7 Å². The molecule has 0 unspecified atom stereocenters. The van der Waals surface area contributed by atoms with E-state index in [-0.39, 0.29) is 62.0 Å². The third-order valence-electron chi connectivity index (χ3n) is 14.5. The molecule has 4 fully saturated rings. The average molecular weight is 1090 g/mol. The van der Waals surface area contributed by atoms with Crippen LogP contribution in [0.15, 0.2) is 53.4 Å². The lowest BCUT2D eigenvalue weighted by molar-refractivity contribution is -0.301. The van der Waals surface area contributed by atoms with Crippen LogP contribution in [0.3, 0.4) is 0 Å². The van der Waals surface area contributed by atoms with Gasteiger partial charge in [0.25, 0.3) is 5.91 Å². The number of aliphatic hydroxyl groups excluding tert-OH is 8. The Morgan fingerprint density at radius 2 is 1.32 bits per heavy atom. The topological polar surface area (TPSA) is 313 Å². The maximum atomic E-state index is 14.6. The minimum atomic E-state index is -1.60. The number of unbranched alkanes of at least 4 members (excludes halogenated alkanes) is 2. The number of esters is 2. The minimum absolute atomic E-state index is 0.00388. The predicted octanol–water partition coefficient (Wildman–Crippen LogP) is 1.47. The standard InChI is InChI=1S/C54H81N3O18S/c1-31-35(19-14-20-38(31)72-42(60)21-10-12-23-70-52-48(66)46(64)44(62)40(28-58)74-52)50(68)55-36(30-76-34-17-6-5-7-18-34)39(27-57-26-33-16-9-8-15-32(33)25-37(57)51(69)56-54(2,3)4)73-43(61)22-11-13-24-71-53-49(67)47(65)45(63)41(29-59)75-53/h5-7,14,17-20,32-33,36-37,39-41,44-49,52-53,58-59,62-67H,8-13,15-16,21-30H2,1-4H3,(H,55,68)(H,56,69)/t32-,33+,36-,37-,39+,40+,41+,44+,45+,46-,47-,48-,49-,52-,53-/m0/s1. The second-order valence-corrected chi connectivity index (χ2v) is 22.5. The van der Waals surface area contributed by atoms with Crippen LogP contribution < -0.4 is 15.4 Å². The molecule has 3 aliphatic heterocycles. The monoisotopic (exact) mass is 1090 g/mol. The number of carbonyl (C=O) groups is 4. The van der Waals surface area contributed by atoms with E-state index in [4.69, 9.17) is 28.4 Å². The zero-order valence-electron chi connectivity index (χ0n) is 44.0. The summed E-state index contributed by atoms with van der Waals surface area (Å²) in [7, 11) is 0. The number of fused-ring (bicyclic) bond motifs is 1. The molecule has 4 aliphatic rings. The Hall–Kier alpha value is -3.85. The van der Waals surface area contributed by atoms with Gasteiger partial charge in [0.15, 0.2) is 12.6 Å². The second kappa shape index (κ2) is 29.4. The Kier molecular flexibility index (Phi) is 23.7. The Morgan fingerprint density at radius 3 is 1.89 bits per heavy atom. The summed E-state index contributed by atoms with van der Waals surface area (Å²) >= 11 is 1.46. The number of carbonyl (C=O) groups excluding carboxylic acids is 4. The van der Waals surface area contributed by atoms with Crippen molar-refractivity contribution in [3.8, 4) is 5.75 Å². The first kappa shape index (κ1) is 61.4. The second-order valence-electron chi connectivity index (χ2n) is 21.4. The quantitative estimate of drug-likeness (QED) is 0.0291. The number of rotatable bonds is 25. The lowest BCUT2D eigenvalue weighted by atomic mass is 9.72. The van der Waals surface area contributed by atoms with Gasteiger partial charge in [-0.15, -0.1) is 11.8 Å². The van der Waals surface area contributed by atoms with Gasteiger partial charge in [-0.25, -0.2) is 0 Å². The summed E-state index contributed by atoms with van der Waals surface area (Å²) in [5.74, 6) is -0.667. The third kappa shape index (κ3) is 17.3. The zero-order valence-corrected chi connectivity index (χ0v) is 44.8. The van der Waals surface area contributed by atoms with E-state index in [1.54, 1.807) is 25.1 Å². The number of aliphatic hydroxyl groups is 8. The summed E-state index contributed by atoms with van der Waals surface area (Å²) in [5.41, 5.74) is 0.0813. The number of thioether (sulfide) groups is 1. The number of nitrogens with one attached hydrogen (secondary N) is 2. The highest BCUT2D eigenvalue weighted by atomic mass is 32.2. The van der Waals surface area contributed by atoms with E-state index < -0.39 is 116 Å². The zero-order chi connectivity index (χ0) is 55.1. The first-order valence-corrected chi connectivity index (χ1v) is 27.7. The van der Waals surface area contributed by atoms with Crippen LogP contribution in [0.25, 0.3) is 0 Å². The molecule has 22 heteroatoms. The Bertz CT molecular complexity index is 2150. The van der Waals surface area contributed by atoms with Gasteiger partial charge in [0, 0.05) is 66.5 Å². The lowest BCUT2D eigenvalue weighted by Crippen LogP contribution is -2.61. The van der Waals surface area contributed by atoms with E-state index in [1.165, 1.54) is 11.8 Å². The molecule has 15 atom stereocenters. The number of hydrogen-bond donors (Lipinski definition) is 10. The van der Waals surface area contributed by atoms with Crippen LogP contribution in [-0.4, -0.2) is 200 Å². The van der Waals surface area contributed by atoms with Crippen molar-refractivity contribution >= 4 is 35.5 Å². The van der Waals surface area contributed by atoms with E-state index in [9.17, 15) is 60.0 Å². The third-order valence-corrected chi connectivity index (χ3v) is 15.6. The molecular formula is C54H81N3O18S.